The van der Waals surface area contributed by atoms with Crippen molar-refractivity contribution >= 4 is 27.5 Å². The number of nitrogens with zero attached hydrogens (tertiary/aromatic N) is 5. The van der Waals surface area contributed by atoms with Crippen LogP contribution in [0.5, 0.6) is 11.8 Å². The molecule has 4 aliphatic heterocycles. The van der Waals surface area contributed by atoms with Gasteiger partial charge in [-0.05, 0) is 73.7 Å². The fraction of sp³-hybridized carbons (Fsp3) is 0.514. The van der Waals surface area contributed by atoms with E-state index < -0.39 is 23.3 Å². The molecule has 46 heavy (non-hydrogen) atoms. The highest BCUT2D eigenvalue weighted by Gasteiger charge is 2.49. The average molecular weight is 633 g/mol. The van der Waals surface area contributed by atoms with Crippen LogP contribution in [0.3, 0.4) is 0 Å². The molecule has 6 heterocycles. The third-order valence-electron chi connectivity index (χ3n) is 10.9. The Hall–Kier alpha value is -3.70. The Morgan fingerprint density at radius 1 is 1.13 bits per heavy atom. The molecule has 5 atom stereocenters. The molecule has 0 spiro atoms. The van der Waals surface area contributed by atoms with Crippen molar-refractivity contribution in [1.82, 2.24) is 25.2 Å². The van der Waals surface area contributed by atoms with E-state index in [4.69, 9.17) is 19.7 Å². The predicted octanol–water partition coefficient (Wildman–Crippen LogP) is 6.16. The van der Waals surface area contributed by atoms with Crippen LogP contribution in [0.2, 0.25) is 0 Å². The van der Waals surface area contributed by atoms with Crippen molar-refractivity contribution in [3.05, 3.63) is 47.2 Å². The minimum Gasteiger partial charge on any atom is -0.508 e. The van der Waals surface area contributed by atoms with Gasteiger partial charge in [0.25, 0.3) is 0 Å². The zero-order valence-electron chi connectivity index (χ0n) is 26.4. The van der Waals surface area contributed by atoms with Gasteiger partial charge in [-0.2, -0.15) is 9.97 Å². The van der Waals surface area contributed by atoms with Crippen molar-refractivity contribution in [3.8, 4) is 23.0 Å². The summed E-state index contributed by atoms with van der Waals surface area (Å²) in [5.74, 6) is -0.650. The first-order valence-corrected chi connectivity index (χ1v) is 16.5. The van der Waals surface area contributed by atoms with Gasteiger partial charge in [0, 0.05) is 49.6 Å². The maximum absolute atomic E-state index is 17.1. The highest BCUT2D eigenvalue weighted by atomic mass is 19.1. The lowest BCUT2D eigenvalue weighted by Gasteiger charge is -2.41. The predicted molar refractivity (Wildman–Crippen MR) is 171 cm³/mol. The summed E-state index contributed by atoms with van der Waals surface area (Å²) < 4.78 is 52.9. The second kappa shape index (κ2) is 10.9. The van der Waals surface area contributed by atoms with E-state index in [0.717, 1.165) is 38.8 Å². The molecule has 0 bridgehead atoms. The lowest BCUT2D eigenvalue weighted by molar-refractivity contribution is 0.107. The highest BCUT2D eigenvalue weighted by Crippen LogP contribution is 2.45. The Morgan fingerprint density at radius 3 is 2.80 bits per heavy atom. The Morgan fingerprint density at radius 2 is 1.98 bits per heavy atom. The van der Waals surface area contributed by atoms with Crippen LogP contribution in [0.1, 0.15) is 63.1 Å². The SMILES string of the molecule is CC[C@@H]1CN2c3nc(OC[C@@]45CCCN4C[C@H](F)C5)nc4c(F)c(-c5cc(O)cc6ccc(F)c(C)c56)nc(c34)[C@H](C)C[C@@H]2CN1. The van der Waals surface area contributed by atoms with Gasteiger partial charge in [0.2, 0.25) is 0 Å². The molecule has 242 valence electrons. The molecule has 11 heteroatoms. The van der Waals surface area contributed by atoms with Crippen LogP contribution in [-0.4, -0.2) is 81.5 Å². The van der Waals surface area contributed by atoms with E-state index in [-0.39, 0.29) is 47.6 Å². The fourth-order valence-electron chi connectivity index (χ4n) is 8.54. The van der Waals surface area contributed by atoms with Gasteiger partial charge in [-0.3, -0.25) is 4.90 Å². The number of aryl methyl sites for hydroxylation is 1. The van der Waals surface area contributed by atoms with Gasteiger partial charge in [0.15, 0.2) is 5.82 Å². The molecule has 0 saturated carbocycles. The van der Waals surface area contributed by atoms with Gasteiger partial charge in [-0.25, -0.2) is 18.2 Å². The van der Waals surface area contributed by atoms with Gasteiger partial charge in [0.05, 0.1) is 16.6 Å². The largest absolute Gasteiger partial charge is 0.508 e. The number of fused-ring (bicyclic) bond motifs is 4. The zero-order chi connectivity index (χ0) is 31.9. The number of hydrogen-bond donors (Lipinski definition) is 2. The van der Waals surface area contributed by atoms with Crippen molar-refractivity contribution < 1.29 is 23.0 Å². The first-order chi connectivity index (χ1) is 22.2. The number of rotatable bonds is 5. The average Bonchev–Trinajstić information content (AvgIpc) is 3.53. The second-order valence-electron chi connectivity index (χ2n) is 13.8. The molecule has 8 rings (SSSR count). The molecule has 3 fully saturated rings. The van der Waals surface area contributed by atoms with E-state index in [2.05, 4.69) is 29.0 Å². The van der Waals surface area contributed by atoms with E-state index in [0.29, 0.717) is 58.3 Å². The number of hydrogen-bond acceptors (Lipinski definition) is 8. The third-order valence-corrected chi connectivity index (χ3v) is 10.9. The van der Waals surface area contributed by atoms with E-state index in [1.165, 1.54) is 12.1 Å². The summed E-state index contributed by atoms with van der Waals surface area (Å²) in [5.41, 5.74) is 0.975. The number of nitrogens with one attached hydrogen (secondary N) is 1. The van der Waals surface area contributed by atoms with Crippen molar-refractivity contribution in [2.45, 2.75) is 82.6 Å². The van der Waals surface area contributed by atoms with Crippen LogP contribution in [-0.2, 0) is 0 Å². The van der Waals surface area contributed by atoms with Gasteiger partial charge in [-0.15, -0.1) is 0 Å². The minimum absolute atomic E-state index is 0.000562. The molecule has 2 aromatic heterocycles. The number of piperazine rings is 1. The molecule has 4 aromatic rings. The fourth-order valence-corrected chi connectivity index (χ4v) is 8.54. The number of halogens is 3. The maximum Gasteiger partial charge on any atom is 0.319 e. The van der Waals surface area contributed by atoms with Gasteiger partial charge < -0.3 is 20.1 Å². The first kappa shape index (κ1) is 29.7. The minimum atomic E-state index is -0.904. The Kier molecular flexibility index (Phi) is 7.06. The highest BCUT2D eigenvalue weighted by molar-refractivity contribution is 6.02. The molecule has 0 aliphatic carbocycles. The molecule has 0 amide bonds. The number of phenols is 1. The summed E-state index contributed by atoms with van der Waals surface area (Å²) in [4.78, 5) is 19.1. The van der Waals surface area contributed by atoms with E-state index in [1.54, 1.807) is 19.1 Å². The first-order valence-electron chi connectivity index (χ1n) is 16.5. The number of ether oxygens (including phenoxy) is 1. The lowest BCUT2D eigenvalue weighted by atomic mass is 9.93. The van der Waals surface area contributed by atoms with Crippen LogP contribution < -0.4 is 15.0 Å². The molecule has 3 saturated heterocycles. The van der Waals surface area contributed by atoms with Crippen LogP contribution in [0.25, 0.3) is 32.9 Å². The van der Waals surface area contributed by atoms with Crippen molar-refractivity contribution in [3.63, 3.8) is 0 Å². The smallest absolute Gasteiger partial charge is 0.319 e. The number of phenolic OH excluding ortho intramolecular Hbond substituents is 1. The molecule has 2 N–H and O–H groups in total. The van der Waals surface area contributed by atoms with Gasteiger partial charge in [-0.1, -0.05) is 19.9 Å². The Balaban J connectivity index is 1.34. The normalized spacial score (nSPS) is 27.7. The Labute approximate surface area is 266 Å². The molecule has 0 unspecified atom stereocenters. The van der Waals surface area contributed by atoms with Gasteiger partial charge in [0.1, 0.15) is 41.4 Å². The summed E-state index contributed by atoms with van der Waals surface area (Å²) in [7, 11) is 0. The maximum atomic E-state index is 17.1. The van der Waals surface area contributed by atoms with Crippen LogP contribution in [0.15, 0.2) is 24.3 Å². The molecule has 4 aliphatic rings. The third kappa shape index (κ3) is 4.60. The van der Waals surface area contributed by atoms with E-state index >= 15 is 4.39 Å². The summed E-state index contributed by atoms with van der Waals surface area (Å²) in [5, 5.41) is 16.0. The summed E-state index contributed by atoms with van der Waals surface area (Å²) in [6.45, 7) is 8.76. The van der Waals surface area contributed by atoms with Crippen molar-refractivity contribution in [2.24, 2.45) is 0 Å². The number of pyridine rings is 1. The van der Waals surface area contributed by atoms with Crippen molar-refractivity contribution in [1.29, 1.82) is 0 Å². The monoisotopic (exact) mass is 632 g/mol. The standard InChI is InChI=1S/C35H39F3N6O2/c1-4-22-16-44-23(14-39-22)10-18(2)30-28-32(41-34(42-33(28)44)46-17-35-8-5-9-43(35)15-21(36)13-35)29(38)31(40-30)25-12-24(45)11-20-6-7-26(37)19(3)27(20)25/h6-7,11-12,18,21-23,39,45H,4-5,8-10,13-17H2,1-3H3/t18-,21-,22-,23-,35+/m1/s1. The quantitative estimate of drug-likeness (QED) is 0.271. The molecular weight excluding hydrogens is 593 g/mol. The summed E-state index contributed by atoms with van der Waals surface area (Å²) in [6.07, 6.45) is 2.99. The van der Waals surface area contributed by atoms with Crippen LogP contribution in [0.4, 0.5) is 19.0 Å². The topological polar surface area (TPSA) is 86.6 Å². The number of aromatic nitrogens is 3. The Bertz CT molecular complexity index is 1870. The molecule has 2 aromatic carbocycles. The molecule has 0 radical (unpaired) electrons. The van der Waals surface area contributed by atoms with Crippen LogP contribution in [0, 0.1) is 18.6 Å². The number of alkyl halides is 1. The number of anilines is 1. The second-order valence-corrected chi connectivity index (χ2v) is 13.8. The number of benzene rings is 2. The molecular formula is C35H39F3N6O2. The van der Waals surface area contributed by atoms with Crippen molar-refractivity contribution in [2.75, 3.05) is 37.7 Å². The summed E-state index contributed by atoms with van der Waals surface area (Å²) in [6, 6.07) is 6.29. The summed E-state index contributed by atoms with van der Waals surface area (Å²) >= 11 is 0. The number of aromatic hydroxyl groups is 1. The van der Waals surface area contributed by atoms with Gasteiger partial charge >= 0.3 is 6.01 Å². The molecule has 8 nitrogen and oxygen atoms in total. The lowest BCUT2D eigenvalue weighted by Crippen LogP contribution is -2.56. The zero-order valence-corrected chi connectivity index (χ0v) is 26.4. The van der Waals surface area contributed by atoms with Crippen LogP contribution >= 0.6 is 0 Å². The van der Waals surface area contributed by atoms with E-state index in [9.17, 15) is 13.9 Å². The van der Waals surface area contributed by atoms with E-state index in [1.807, 2.05) is 0 Å².